The second kappa shape index (κ2) is 5.32. The maximum absolute atomic E-state index is 13.2. The predicted octanol–water partition coefficient (Wildman–Crippen LogP) is 1.24. The third kappa shape index (κ3) is 2.60. The molecule has 0 fully saturated rings. The molecule has 7 heteroatoms. The van der Waals surface area contributed by atoms with E-state index >= 15 is 0 Å². The van der Waals surface area contributed by atoms with Crippen LogP contribution in [0.4, 0.5) is 4.39 Å². The van der Waals surface area contributed by atoms with Gasteiger partial charge in [-0.15, -0.1) is 0 Å². The Morgan fingerprint density at radius 3 is 2.69 bits per heavy atom. The molecular formula is C9H10FN3O3. The van der Waals surface area contributed by atoms with E-state index in [0.29, 0.717) is 0 Å². The monoisotopic (exact) mass is 227 g/mol. The molecule has 0 heterocycles. The van der Waals surface area contributed by atoms with E-state index in [9.17, 15) is 19.7 Å². The smallest absolute Gasteiger partial charge is 0.132 e. The van der Waals surface area contributed by atoms with Crippen LogP contribution in [0, 0.1) is 5.82 Å². The number of phenolic OH excluding ortho intramolecular Hbond substituents is 1. The molecular weight excluding hydrogens is 217 g/mol. The molecule has 3 N–H and O–H groups in total. The number of halogens is 1. The average molecular weight is 227 g/mol. The summed E-state index contributed by atoms with van der Waals surface area (Å²) < 4.78 is 13.2. The van der Waals surface area contributed by atoms with Crippen molar-refractivity contribution in [1.29, 1.82) is 0 Å². The van der Waals surface area contributed by atoms with Crippen LogP contribution < -0.4 is 0 Å². The summed E-state index contributed by atoms with van der Waals surface area (Å²) in [6.07, 6.45) is -3.12. The van der Waals surface area contributed by atoms with E-state index in [1.54, 1.807) is 0 Å². The van der Waals surface area contributed by atoms with Gasteiger partial charge in [0, 0.05) is 4.91 Å². The summed E-state index contributed by atoms with van der Waals surface area (Å²) in [6, 6.07) is 3.49. The van der Waals surface area contributed by atoms with E-state index in [1.165, 1.54) is 12.1 Å². The van der Waals surface area contributed by atoms with Crippen molar-refractivity contribution in [3.05, 3.63) is 40.0 Å². The van der Waals surface area contributed by atoms with Crippen LogP contribution in [0.1, 0.15) is 11.7 Å². The van der Waals surface area contributed by atoms with Crippen LogP contribution in [0.2, 0.25) is 0 Å². The lowest BCUT2D eigenvalue weighted by atomic mass is 10.0. The summed E-state index contributed by atoms with van der Waals surface area (Å²) in [5.41, 5.74) is 7.61. The highest BCUT2D eigenvalue weighted by Gasteiger charge is 2.23. The molecule has 1 aromatic carbocycles. The molecule has 0 spiro atoms. The third-order valence-corrected chi connectivity index (χ3v) is 2.02. The third-order valence-electron chi connectivity index (χ3n) is 2.02. The van der Waals surface area contributed by atoms with Crippen LogP contribution in [0.5, 0.6) is 5.75 Å². The van der Waals surface area contributed by atoms with E-state index in [4.69, 9.17) is 5.53 Å². The Bertz CT molecular complexity index is 400. The predicted molar refractivity (Wildman–Crippen MR) is 53.0 cm³/mol. The van der Waals surface area contributed by atoms with Gasteiger partial charge in [0.05, 0.1) is 18.2 Å². The summed E-state index contributed by atoms with van der Waals surface area (Å²) in [6.45, 7) is -0.411. The molecule has 0 saturated carbocycles. The summed E-state index contributed by atoms with van der Waals surface area (Å²) in [4.78, 5) is 2.39. The van der Waals surface area contributed by atoms with Gasteiger partial charge in [-0.05, 0) is 17.7 Å². The maximum atomic E-state index is 13.2. The SMILES string of the molecule is [N-]=[N+]=NCC(O)C(O)c1c(O)cccc1F. The van der Waals surface area contributed by atoms with E-state index in [2.05, 4.69) is 10.0 Å². The molecule has 86 valence electrons. The number of azide groups is 1. The zero-order chi connectivity index (χ0) is 12.1. The Hall–Kier alpha value is -1.82. The fourth-order valence-electron chi connectivity index (χ4n) is 1.23. The van der Waals surface area contributed by atoms with Crippen molar-refractivity contribution in [2.75, 3.05) is 6.54 Å². The number of rotatable bonds is 4. The van der Waals surface area contributed by atoms with Gasteiger partial charge in [0.25, 0.3) is 0 Å². The first-order valence-corrected chi connectivity index (χ1v) is 4.42. The van der Waals surface area contributed by atoms with Gasteiger partial charge < -0.3 is 15.3 Å². The fourth-order valence-corrected chi connectivity index (χ4v) is 1.23. The van der Waals surface area contributed by atoms with Crippen molar-refractivity contribution in [1.82, 2.24) is 0 Å². The average Bonchev–Trinajstić information content (AvgIpc) is 2.25. The lowest BCUT2D eigenvalue weighted by molar-refractivity contribution is 0.0208. The molecule has 1 rings (SSSR count). The molecule has 0 aliphatic carbocycles. The lowest BCUT2D eigenvalue weighted by Crippen LogP contribution is -2.22. The number of hydrogen-bond acceptors (Lipinski definition) is 4. The molecule has 0 radical (unpaired) electrons. The van der Waals surface area contributed by atoms with Crippen molar-refractivity contribution in [2.45, 2.75) is 12.2 Å². The molecule has 0 aromatic heterocycles. The summed E-state index contributed by atoms with van der Waals surface area (Å²) >= 11 is 0. The Kier molecular flexibility index (Phi) is 4.07. The number of aliphatic hydroxyl groups excluding tert-OH is 2. The minimum absolute atomic E-state index is 0.411. The van der Waals surface area contributed by atoms with Gasteiger partial charge in [-0.25, -0.2) is 4.39 Å². The molecule has 0 bridgehead atoms. The first-order chi connectivity index (χ1) is 7.57. The Balaban J connectivity index is 2.95. The molecule has 0 saturated heterocycles. The molecule has 1 aromatic rings. The van der Waals surface area contributed by atoms with Gasteiger partial charge >= 0.3 is 0 Å². The number of nitrogens with zero attached hydrogens (tertiary/aromatic N) is 3. The van der Waals surface area contributed by atoms with Crippen LogP contribution in [0.3, 0.4) is 0 Å². The number of hydrogen-bond donors (Lipinski definition) is 3. The lowest BCUT2D eigenvalue weighted by Gasteiger charge is -2.17. The highest BCUT2D eigenvalue weighted by Crippen LogP contribution is 2.28. The van der Waals surface area contributed by atoms with Gasteiger partial charge in [0.15, 0.2) is 0 Å². The number of aliphatic hydroxyl groups is 2. The minimum atomic E-state index is -1.65. The quantitative estimate of drug-likeness (QED) is 0.408. The van der Waals surface area contributed by atoms with E-state index in [0.717, 1.165) is 6.07 Å². The van der Waals surface area contributed by atoms with Gasteiger partial charge in [-0.1, -0.05) is 11.2 Å². The molecule has 6 nitrogen and oxygen atoms in total. The molecule has 0 aliphatic heterocycles. The largest absolute Gasteiger partial charge is 0.507 e. The first kappa shape index (κ1) is 12.3. The zero-order valence-corrected chi connectivity index (χ0v) is 8.16. The molecule has 0 aliphatic rings. The standard InChI is InChI=1S/C9H10FN3O3/c10-5-2-1-3-6(14)8(5)9(16)7(15)4-12-13-11/h1-3,7,9,14-16H,4H2. The van der Waals surface area contributed by atoms with Crippen LogP contribution in [-0.4, -0.2) is 28.0 Å². The van der Waals surface area contributed by atoms with Crippen LogP contribution >= 0.6 is 0 Å². The van der Waals surface area contributed by atoms with Crippen molar-refractivity contribution in [3.63, 3.8) is 0 Å². The van der Waals surface area contributed by atoms with Crippen molar-refractivity contribution in [2.24, 2.45) is 5.11 Å². The van der Waals surface area contributed by atoms with Gasteiger partial charge in [-0.3, -0.25) is 0 Å². The number of aromatic hydroxyl groups is 1. The summed E-state index contributed by atoms with van der Waals surface area (Å²) in [5, 5.41) is 31.3. The molecule has 0 amide bonds. The minimum Gasteiger partial charge on any atom is -0.507 e. The molecule has 16 heavy (non-hydrogen) atoms. The topological polar surface area (TPSA) is 109 Å². The Labute approximate surface area is 90.2 Å². The van der Waals surface area contributed by atoms with Crippen LogP contribution in [0.25, 0.3) is 10.4 Å². The van der Waals surface area contributed by atoms with Gasteiger partial charge in [0.1, 0.15) is 17.7 Å². The van der Waals surface area contributed by atoms with Crippen molar-refractivity contribution < 1.29 is 19.7 Å². The highest BCUT2D eigenvalue weighted by molar-refractivity contribution is 5.35. The van der Waals surface area contributed by atoms with Crippen molar-refractivity contribution in [3.8, 4) is 5.75 Å². The van der Waals surface area contributed by atoms with Crippen LogP contribution in [-0.2, 0) is 0 Å². The van der Waals surface area contributed by atoms with Gasteiger partial charge in [0.2, 0.25) is 0 Å². The molecule has 2 atom stereocenters. The molecule has 2 unspecified atom stereocenters. The van der Waals surface area contributed by atoms with E-state index < -0.39 is 35.9 Å². The second-order valence-corrected chi connectivity index (χ2v) is 3.10. The summed E-state index contributed by atoms with van der Waals surface area (Å²) in [7, 11) is 0. The summed E-state index contributed by atoms with van der Waals surface area (Å²) in [5.74, 6) is -1.31. The first-order valence-electron chi connectivity index (χ1n) is 4.42. The van der Waals surface area contributed by atoms with E-state index in [1.807, 2.05) is 0 Å². The normalized spacial score (nSPS) is 13.9. The van der Waals surface area contributed by atoms with Gasteiger partial charge in [-0.2, -0.15) is 0 Å². The number of benzene rings is 1. The number of phenols is 1. The highest BCUT2D eigenvalue weighted by atomic mass is 19.1. The van der Waals surface area contributed by atoms with E-state index in [-0.39, 0.29) is 0 Å². The fraction of sp³-hybridized carbons (Fsp3) is 0.333. The second-order valence-electron chi connectivity index (χ2n) is 3.10. The Morgan fingerprint density at radius 1 is 1.44 bits per heavy atom. The van der Waals surface area contributed by atoms with Crippen molar-refractivity contribution >= 4 is 0 Å². The van der Waals surface area contributed by atoms with Crippen LogP contribution in [0.15, 0.2) is 23.3 Å². The zero-order valence-electron chi connectivity index (χ0n) is 8.16. The maximum Gasteiger partial charge on any atom is 0.132 e. The Morgan fingerprint density at radius 2 is 2.12 bits per heavy atom.